The Hall–Kier alpha value is -1.90. The van der Waals surface area contributed by atoms with Crippen LogP contribution < -0.4 is 0 Å². The number of hydrogen-bond acceptors (Lipinski definition) is 3. The fraction of sp³-hybridized carbons (Fsp3) is 0.438. The molecule has 1 heterocycles. The normalized spacial score (nSPS) is 18.0. The SMILES string of the molecule is COC1CCCN(C(=O)c2ccc(C#CCO)c(F)c2)C1. The molecule has 4 nitrogen and oxygen atoms in total. The van der Waals surface area contributed by atoms with Crippen molar-refractivity contribution in [3.63, 3.8) is 0 Å². The van der Waals surface area contributed by atoms with Crippen LogP contribution in [0, 0.1) is 17.7 Å². The van der Waals surface area contributed by atoms with Crippen LogP contribution in [0.3, 0.4) is 0 Å². The largest absolute Gasteiger partial charge is 0.384 e. The van der Waals surface area contributed by atoms with E-state index in [2.05, 4.69) is 11.8 Å². The minimum Gasteiger partial charge on any atom is -0.384 e. The summed E-state index contributed by atoms with van der Waals surface area (Å²) < 4.78 is 19.1. The number of ether oxygens (including phenoxy) is 1. The Kier molecular flexibility index (Phi) is 5.32. The van der Waals surface area contributed by atoms with E-state index in [1.807, 2.05) is 0 Å². The van der Waals surface area contributed by atoms with Gasteiger partial charge in [0, 0.05) is 25.8 Å². The van der Waals surface area contributed by atoms with Crippen LogP contribution >= 0.6 is 0 Å². The van der Waals surface area contributed by atoms with Crippen LogP contribution in [0.2, 0.25) is 0 Å². The van der Waals surface area contributed by atoms with E-state index in [0.717, 1.165) is 12.8 Å². The molecule has 0 aliphatic carbocycles. The van der Waals surface area contributed by atoms with E-state index in [1.165, 1.54) is 12.1 Å². The number of hydrogen-bond donors (Lipinski definition) is 1. The Morgan fingerprint density at radius 2 is 2.38 bits per heavy atom. The van der Waals surface area contributed by atoms with E-state index >= 15 is 0 Å². The summed E-state index contributed by atoms with van der Waals surface area (Å²) in [6.45, 7) is 0.863. The van der Waals surface area contributed by atoms with Gasteiger partial charge in [-0.3, -0.25) is 4.79 Å². The number of amides is 1. The monoisotopic (exact) mass is 291 g/mol. The van der Waals surface area contributed by atoms with Gasteiger partial charge in [0.25, 0.3) is 5.91 Å². The molecule has 0 aromatic heterocycles. The summed E-state index contributed by atoms with van der Waals surface area (Å²) in [5, 5.41) is 8.61. The summed E-state index contributed by atoms with van der Waals surface area (Å²) in [6.07, 6.45) is 1.86. The molecule has 1 fully saturated rings. The summed E-state index contributed by atoms with van der Waals surface area (Å²) >= 11 is 0. The van der Waals surface area contributed by atoms with E-state index in [-0.39, 0.29) is 24.2 Å². The third-order valence-corrected chi connectivity index (χ3v) is 3.52. The Morgan fingerprint density at radius 1 is 1.57 bits per heavy atom. The molecule has 0 saturated carbocycles. The first kappa shape index (κ1) is 15.5. The van der Waals surface area contributed by atoms with E-state index < -0.39 is 5.82 Å². The van der Waals surface area contributed by atoms with Crippen LogP contribution in [-0.4, -0.2) is 48.8 Å². The van der Waals surface area contributed by atoms with Crippen LogP contribution in [0.5, 0.6) is 0 Å². The summed E-state index contributed by atoms with van der Waals surface area (Å²) in [4.78, 5) is 14.1. The molecule has 21 heavy (non-hydrogen) atoms. The lowest BCUT2D eigenvalue weighted by Crippen LogP contribution is -2.42. The average molecular weight is 291 g/mol. The van der Waals surface area contributed by atoms with Crippen molar-refractivity contribution in [1.29, 1.82) is 0 Å². The number of rotatable bonds is 2. The van der Waals surface area contributed by atoms with Gasteiger partial charge in [-0.25, -0.2) is 4.39 Å². The number of benzene rings is 1. The molecule has 0 bridgehead atoms. The van der Waals surface area contributed by atoms with Crippen LogP contribution in [0.1, 0.15) is 28.8 Å². The Balaban J connectivity index is 2.14. The standard InChI is InChI=1S/C16H18FNO3/c1-21-14-5-2-8-18(11-14)16(20)13-7-6-12(4-3-9-19)15(17)10-13/h6-7,10,14,19H,2,5,8-9,11H2,1H3. The van der Waals surface area contributed by atoms with Crippen molar-refractivity contribution in [3.8, 4) is 11.8 Å². The van der Waals surface area contributed by atoms with Gasteiger partial charge < -0.3 is 14.7 Å². The number of methoxy groups -OCH3 is 1. The number of carbonyl (C=O) groups is 1. The van der Waals surface area contributed by atoms with Crippen molar-refractivity contribution in [2.45, 2.75) is 18.9 Å². The first-order valence-corrected chi connectivity index (χ1v) is 6.87. The lowest BCUT2D eigenvalue weighted by molar-refractivity contribution is 0.0268. The van der Waals surface area contributed by atoms with Crippen LogP contribution in [0.4, 0.5) is 4.39 Å². The molecule has 0 spiro atoms. The number of nitrogens with zero attached hydrogens (tertiary/aromatic N) is 1. The molecule has 1 amide bonds. The maximum Gasteiger partial charge on any atom is 0.254 e. The van der Waals surface area contributed by atoms with Crippen molar-refractivity contribution >= 4 is 5.91 Å². The predicted octanol–water partition coefficient (Wildman–Crippen LogP) is 1.42. The first-order valence-electron chi connectivity index (χ1n) is 6.87. The number of aliphatic hydroxyl groups is 1. The smallest absolute Gasteiger partial charge is 0.254 e. The topological polar surface area (TPSA) is 49.8 Å². The number of halogens is 1. The lowest BCUT2D eigenvalue weighted by Gasteiger charge is -2.32. The molecule has 0 radical (unpaired) electrons. The Labute approximate surface area is 123 Å². The maximum atomic E-state index is 13.9. The first-order chi connectivity index (χ1) is 10.2. The van der Waals surface area contributed by atoms with Gasteiger partial charge in [0.1, 0.15) is 12.4 Å². The molecule has 1 N–H and O–H groups in total. The quantitative estimate of drug-likeness (QED) is 0.838. The molecule has 1 saturated heterocycles. The highest BCUT2D eigenvalue weighted by Crippen LogP contribution is 2.17. The van der Waals surface area contributed by atoms with Gasteiger partial charge in [-0.2, -0.15) is 0 Å². The summed E-state index contributed by atoms with van der Waals surface area (Å²) in [6, 6.07) is 4.21. The van der Waals surface area contributed by atoms with E-state index in [9.17, 15) is 9.18 Å². The van der Waals surface area contributed by atoms with Crippen molar-refractivity contribution in [2.24, 2.45) is 0 Å². The highest BCUT2D eigenvalue weighted by Gasteiger charge is 2.24. The minimum atomic E-state index is -0.554. The van der Waals surface area contributed by atoms with Crippen LogP contribution in [-0.2, 0) is 4.74 Å². The van der Waals surface area contributed by atoms with Gasteiger partial charge in [0.05, 0.1) is 11.7 Å². The van der Waals surface area contributed by atoms with Gasteiger partial charge in [0.15, 0.2) is 0 Å². The van der Waals surface area contributed by atoms with Gasteiger partial charge in [0.2, 0.25) is 0 Å². The molecular formula is C16H18FNO3. The zero-order valence-corrected chi connectivity index (χ0v) is 11.9. The fourth-order valence-electron chi connectivity index (χ4n) is 2.38. The molecule has 1 unspecified atom stereocenters. The molecule has 1 aromatic carbocycles. The highest BCUT2D eigenvalue weighted by atomic mass is 19.1. The third kappa shape index (κ3) is 3.81. The summed E-state index contributed by atoms with van der Waals surface area (Å²) in [7, 11) is 1.63. The number of piperidine rings is 1. The van der Waals surface area contributed by atoms with Gasteiger partial charge >= 0.3 is 0 Å². The molecule has 2 rings (SSSR count). The molecule has 1 atom stereocenters. The maximum absolute atomic E-state index is 13.9. The van der Waals surface area contributed by atoms with E-state index in [1.54, 1.807) is 18.1 Å². The lowest BCUT2D eigenvalue weighted by atomic mass is 10.1. The fourth-order valence-corrected chi connectivity index (χ4v) is 2.38. The summed E-state index contributed by atoms with van der Waals surface area (Å²) in [5.74, 6) is 4.14. The number of carbonyl (C=O) groups excluding carboxylic acids is 1. The highest BCUT2D eigenvalue weighted by molar-refractivity contribution is 5.94. The van der Waals surface area contributed by atoms with Crippen molar-refractivity contribution in [1.82, 2.24) is 4.90 Å². The second-order valence-electron chi connectivity index (χ2n) is 4.91. The van der Waals surface area contributed by atoms with Gasteiger partial charge in [-0.1, -0.05) is 11.8 Å². The molecule has 1 aliphatic rings. The van der Waals surface area contributed by atoms with Crippen molar-refractivity contribution < 1.29 is 19.0 Å². The van der Waals surface area contributed by atoms with Crippen LogP contribution in [0.15, 0.2) is 18.2 Å². The third-order valence-electron chi connectivity index (χ3n) is 3.52. The van der Waals surface area contributed by atoms with E-state index in [4.69, 9.17) is 9.84 Å². The second-order valence-corrected chi connectivity index (χ2v) is 4.91. The Morgan fingerprint density at radius 3 is 3.05 bits per heavy atom. The minimum absolute atomic E-state index is 0.0437. The van der Waals surface area contributed by atoms with Crippen LogP contribution in [0.25, 0.3) is 0 Å². The number of aliphatic hydroxyl groups excluding tert-OH is 1. The molecule has 1 aromatic rings. The predicted molar refractivity (Wildman–Crippen MR) is 76.3 cm³/mol. The molecule has 5 heteroatoms. The van der Waals surface area contributed by atoms with Crippen molar-refractivity contribution in [2.75, 3.05) is 26.8 Å². The van der Waals surface area contributed by atoms with Gasteiger partial charge in [-0.15, -0.1) is 0 Å². The van der Waals surface area contributed by atoms with Crippen molar-refractivity contribution in [3.05, 3.63) is 35.1 Å². The second kappa shape index (κ2) is 7.21. The Bertz CT molecular complexity index is 577. The zero-order valence-electron chi connectivity index (χ0n) is 11.9. The molecule has 1 aliphatic heterocycles. The molecular weight excluding hydrogens is 273 g/mol. The zero-order chi connectivity index (χ0) is 15.2. The van der Waals surface area contributed by atoms with Gasteiger partial charge in [-0.05, 0) is 31.0 Å². The summed E-state index contributed by atoms with van der Waals surface area (Å²) in [5.41, 5.74) is 0.479. The molecule has 112 valence electrons. The average Bonchev–Trinajstić information content (AvgIpc) is 2.53. The number of likely N-dealkylation sites (tertiary alicyclic amines) is 1. The van der Waals surface area contributed by atoms with E-state index in [0.29, 0.717) is 18.7 Å².